The van der Waals surface area contributed by atoms with Crippen LogP contribution >= 0.6 is 27.5 Å². The number of aryl methyl sites for hydroxylation is 1. The molecular formula is C24H18BrClN4O3. The smallest absolute Gasteiger partial charge is 0.321 e. The van der Waals surface area contributed by atoms with Crippen LogP contribution in [0.4, 0.5) is 11.4 Å². The molecule has 1 aromatic heterocycles. The number of rotatable bonds is 4. The maximum Gasteiger partial charge on any atom is 0.328 e. The summed E-state index contributed by atoms with van der Waals surface area (Å²) < 4.78 is 2.10. The number of benzene rings is 3. The predicted molar refractivity (Wildman–Crippen MR) is 133 cm³/mol. The van der Waals surface area contributed by atoms with Gasteiger partial charge in [-0.05, 0) is 73.2 Å². The molecule has 1 heterocycles. The van der Waals surface area contributed by atoms with Crippen LogP contribution in [0, 0.1) is 6.92 Å². The van der Waals surface area contributed by atoms with Crippen LogP contribution in [-0.2, 0) is 9.59 Å². The molecule has 0 radical (unpaired) electrons. The molecule has 3 N–H and O–H groups in total. The molecule has 0 fully saturated rings. The number of amides is 3. The van der Waals surface area contributed by atoms with E-state index in [-0.39, 0.29) is 5.69 Å². The Morgan fingerprint density at radius 1 is 0.848 bits per heavy atom. The first-order valence-electron chi connectivity index (χ1n) is 9.87. The van der Waals surface area contributed by atoms with Gasteiger partial charge in [0, 0.05) is 26.3 Å². The first-order valence-corrected chi connectivity index (χ1v) is 11.0. The lowest BCUT2D eigenvalue weighted by Gasteiger charge is -2.13. The van der Waals surface area contributed by atoms with Gasteiger partial charge in [0.05, 0.1) is 5.52 Å². The molecule has 7 nitrogen and oxygen atoms in total. The maximum absolute atomic E-state index is 13.0. The lowest BCUT2D eigenvalue weighted by atomic mass is 10.2. The molecule has 0 saturated heterocycles. The highest BCUT2D eigenvalue weighted by atomic mass is 79.9. The number of carbonyl (C=O) groups is 3. The van der Waals surface area contributed by atoms with Gasteiger partial charge in [-0.1, -0.05) is 39.7 Å². The van der Waals surface area contributed by atoms with Crippen molar-refractivity contribution >= 4 is 67.5 Å². The second-order valence-electron chi connectivity index (χ2n) is 7.29. The number of nitrogens with one attached hydrogen (secondary N) is 3. The number of anilines is 2. The summed E-state index contributed by atoms with van der Waals surface area (Å²) in [6, 6.07) is 20.7. The third-order valence-electron chi connectivity index (χ3n) is 4.79. The van der Waals surface area contributed by atoms with E-state index >= 15 is 0 Å². The summed E-state index contributed by atoms with van der Waals surface area (Å²) in [5, 5.41) is 6.57. The SMILES string of the molecule is Cc1cccc(NC(=O)C(=O)Nn2c(C(=O)Nc3ccc(Cl)cc3)cc3cc(Br)ccc32)c1. The van der Waals surface area contributed by atoms with Crippen molar-refractivity contribution in [1.29, 1.82) is 0 Å². The van der Waals surface area contributed by atoms with Gasteiger partial charge in [0.25, 0.3) is 5.91 Å². The molecule has 166 valence electrons. The molecule has 0 bridgehead atoms. The molecule has 0 aliphatic rings. The van der Waals surface area contributed by atoms with Crippen LogP contribution in [0.3, 0.4) is 0 Å². The highest BCUT2D eigenvalue weighted by molar-refractivity contribution is 9.10. The molecule has 0 atom stereocenters. The Hall–Kier alpha value is -3.62. The molecule has 33 heavy (non-hydrogen) atoms. The van der Waals surface area contributed by atoms with Gasteiger partial charge in [-0.15, -0.1) is 0 Å². The quantitative estimate of drug-likeness (QED) is 0.315. The van der Waals surface area contributed by atoms with Crippen molar-refractivity contribution in [3.05, 3.63) is 93.5 Å². The molecule has 3 aromatic carbocycles. The van der Waals surface area contributed by atoms with Gasteiger partial charge in [0.15, 0.2) is 0 Å². The average molecular weight is 526 g/mol. The molecule has 0 aliphatic heterocycles. The molecule has 0 aliphatic carbocycles. The fourth-order valence-electron chi connectivity index (χ4n) is 3.27. The average Bonchev–Trinajstić information content (AvgIpc) is 3.12. The summed E-state index contributed by atoms with van der Waals surface area (Å²) in [4.78, 5) is 38.2. The summed E-state index contributed by atoms with van der Waals surface area (Å²) in [6.45, 7) is 1.88. The van der Waals surface area contributed by atoms with Crippen LogP contribution in [0.5, 0.6) is 0 Å². The highest BCUT2D eigenvalue weighted by Gasteiger charge is 2.21. The standard InChI is InChI=1S/C24H18BrClN4O3/c1-14-3-2-4-19(11-14)28-23(32)24(33)29-30-20-10-5-16(25)12-15(20)13-21(30)22(31)27-18-8-6-17(26)7-9-18/h2-13H,1H3,(H,27,31)(H,28,32)(H,29,33). The Morgan fingerprint density at radius 2 is 1.61 bits per heavy atom. The molecule has 3 amide bonds. The maximum atomic E-state index is 13.0. The summed E-state index contributed by atoms with van der Waals surface area (Å²) in [7, 11) is 0. The first kappa shape index (κ1) is 22.6. The van der Waals surface area contributed by atoms with Crippen LogP contribution in [0.15, 0.2) is 77.3 Å². The van der Waals surface area contributed by atoms with E-state index < -0.39 is 17.7 Å². The predicted octanol–water partition coefficient (Wildman–Crippen LogP) is 5.33. The van der Waals surface area contributed by atoms with Gasteiger partial charge in [0.1, 0.15) is 5.69 Å². The van der Waals surface area contributed by atoms with Crippen molar-refractivity contribution in [3.63, 3.8) is 0 Å². The van der Waals surface area contributed by atoms with Crippen molar-refractivity contribution in [3.8, 4) is 0 Å². The Kier molecular flexibility index (Phi) is 6.48. The van der Waals surface area contributed by atoms with Crippen molar-refractivity contribution in [2.75, 3.05) is 16.1 Å². The zero-order chi connectivity index (χ0) is 23.5. The summed E-state index contributed by atoms with van der Waals surface area (Å²) >= 11 is 9.31. The zero-order valence-electron chi connectivity index (χ0n) is 17.4. The number of carbonyl (C=O) groups excluding carboxylic acids is 3. The van der Waals surface area contributed by atoms with Crippen LogP contribution in [0.1, 0.15) is 16.1 Å². The van der Waals surface area contributed by atoms with E-state index in [9.17, 15) is 14.4 Å². The van der Waals surface area contributed by atoms with E-state index in [0.717, 1.165) is 10.0 Å². The molecule has 0 saturated carbocycles. The minimum Gasteiger partial charge on any atom is -0.321 e. The number of hydrogen-bond acceptors (Lipinski definition) is 3. The molecular weight excluding hydrogens is 508 g/mol. The van der Waals surface area contributed by atoms with Gasteiger partial charge in [-0.25, -0.2) is 4.68 Å². The molecule has 4 aromatic rings. The number of nitrogens with zero attached hydrogens (tertiary/aromatic N) is 1. The van der Waals surface area contributed by atoms with Crippen LogP contribution in [0.2, 0.25) is 5.02 Å². The normalized spacial score (nSPS) is 10.6. The van der Waals surface area contributed by atoms with E-state index in [4.69, 9.17) is 11.6 Å². The van der Waals surface area contributed by atoms with Gasteiger partial charge in [-0.2, -0.15) is 0 Å². The Morgan fingerprint density at radius 3 is 2.33 bits per heavy atom. The van der Waals surface area contributed by atoms with Crippen molar-refractivity contribution < 1.29 is 14.4 Å². The lowest BCUT2D eigenvalue weighted by molar-refractivity contribution is -0.133. The first-order chi connectivity index (χ1) is 15.8. The van der Waals surface area contributed by atoms with Crippen molar-refractivity contribution in [2.45, 2.75) is 6.92 Å². The van der Waals surface area contributed by atoms with E-state index in [1.165, 1.54) is 4.68 Å². The Labute approximate surface area is 202 Å². The fourth-order valence-corrected chi connectivity index (χ4v) is 3.77. The van der Waals surface area contributed by atoms with Gasteiger partial charge < -0.3 is 10.6 Å². The fraction of sp³-hybridized carbons (Fsp3) is 0.0417. The third-order valence-corrected chi connectivity index (χ3v) is 5.54. The minimum absolute atomic E-state index is 0.148. The largest absolute Gasteiger partial charge is 0.328 e. The Balaban J connectivity index is 1.62. The van der Waals surface area contributed by atoms with Crippen molar-refractivity contribution in [1.82, 2.24) is 4.68 Å². The lowest BCUT2D eigenvalue weighted by Crippen LogP contribution is -2.36. The van der Waals surface area contributed by atoms with E-state index in [1.807, 2.05) is 19.1 Å². The topological polar surface area (TPSA) is 92.2 Å². The highest BCUT2D eigenvalue weighted by Crippen LogP contribution is 2.24. The number of hydrogen-bond donors (Lipinski definition) is 3. The minimum atomic E-state index is -0.919. The van der Waals surface area contributed by atoms with Crippen molar-refractivity contribution in [2.24, 2.45) is 0 Å². The van der Waals surface area contributed by atoms with Gasteiger partial charge in [0.2, 0.25) is 0 Å². The molecule has 0 spiro atoms. The number of halogens is 2. The van der Waals surface area contributed by atoms with Gasteiger partial charge in [-0.3, -0.25) is 19.8 Å². The Bertz CT molecular complexity index is 1380. The second-order valence-corrected chi connectivity index (χ2v) is 8.65. The zero-order valence-corrected chi connectivity index (χ0v) is 19.7. The van der Waals surface area contributed by atoms with Crippen LogP contribution < -0.4 is 16.1 Å². The summed E-state index contributed by atoms with van der Waals surface area (Å²) in [5.41, 5.74) is 5.20. The van der Waals surface area contributed by atoms with Gasteiger partial charge >= 0.3 is 11.8 Å². The third kappa shape index (κ3) is 5.24. The molecule has 4 rings (SSSR count). The van der Waals surface area contributed by atoms with E-state index in [1.54, 1.807) is 60.7 Å². The van der Waals surface area contributed by atoms with E-state index in [0.29, 0.717) is 27.3 Å². The molecule has 0 unspecified atom stereocenters. The van der Waals surface area contributed by atoms with Crippen LogP contribution in [0.25, 0.3) is 10.9 Å². The number of aromatic nitrogens is 1. The number of fused-ring (bicyclic) bond motifs is 1. The second kappa shape index (κ2) is 9.48. The monoisotopic (exact) mass is 524 g/mol. The van der Waals surface area contributed by atoms with E-state index in [2.05, 4.69) is 32.0 Å². The molecule has 9 heteroatoms. The van der Waals surface area contributed by atoms with Crippen LogP contribution in [-0.4, -0.2) is 22.4 Å². The summed E-state index contributed by atoms with van der Waals surface area (Å²) in [6.07, 6.45) is 0. The summed E-state index contributed by atoms with van der Waals surface area (Å²) in [5.74, 6) is -2.25.